The lowest BCUT2D eigenvalue weighted by molar-refractivity contribution is -0.144. The van der Waals surface area contributed by atoms with E-state index in [9.17, 15) is 24.0 Å². The number of rotatable bonds is 12. The summed E-state index contributed by atoms with van der Waals surface area (Å²) in [7, 11) is 0. The number of fused-ring (bicyclic) bond motifs is 2. The molecule has 5 rings (SSSR count). The monoisotopic (exact) mass is 620 g/mol. The molecule has 7 atom stereocenters. The Bertz CT molecular complexity index is 1320. The highest BCUT2D eigenvalue weighted by atomic mass is 16.6. The Morgan fingerprint density at radius 2 is 1.78 bits per heavy atom. The molecule has 45 heavy (non-hydrogen) atoms. The summed E-state index contributed by atoms with van der Waals surface area (Å²) in [5.41, 5.74) is 2.14. The molecule has 6 unspecified atom stereocenters. The average molecular weight is 621 g/mol. The quantitative estimate of drug-likeness (QED) is 0.243. The number of ketones is 1. The number of Topliss-reactive ketones (excluding diaryl/α,β-unsaturated/α-hetero) is 1. The Morgan fingerprint density at radius 3 is 2.38 bits per heavy atom. The first kappa shape index (κ1) is 32.7. The van der Waals surface area contributed by atoms with Crippen LogP contribution in [0.4, 0.5) is 4.79 Å². The minimum absolute atomic E-state index is 0.0962. The molecular weight excluding hydrogens is 572 g/mol. The lowest BCUT2D eigenvalue weighted by atomic mass is 9.93. The van der Waals surface area contributed by atoms with Crippen molar-refractivity contribution in [3.8, 4) is 0 Å². The van der Waals surface area contributed by atoms with E-state index in [1.807, 2.05) is 19.1 Å². The molecule has 0 bridgehead atoms. The van der Waals surface area contributed by atoms with E-state index in [4.69, 9.17) is 4.74 Å². The van der Waals surface area contributed by atoms with Crippen LogP contribution in [-0.2, 0) is 36.8 Å². The van der Waals surface area contributed by atoms with Gasteiger partial charge in [-0.3, -0.25) is 19.2 Å². The fourth-order valence-electron chi connectivity index (χ4n) is 8.01. The van der Waals surface area contributed by atoms with E-state index in [1.165, 1.54) is 6.08 Å². The maximum absolute atomic E-state index is 14.5. The fourth-order valence-corrected chi connectivity index (χ4v) is 8.01. The zero-order chi connectivity index (χ0) is 32.5. The minimum atomic E-state index is -1.01. The largest absolute Gasteiger partial charge is 0.446 e. The van der Waals surface area contributed by atoms with E-state index < -0.39 is 41.8 Å². The number of nitrogens with one attached hydrogen (secondary N) is 3. The van der Waals surface area contributed by atoms with Gasteiger partial charge >= 0.3 is 6.09 Å². The second-order valence-corrected chi connectivity index (χ2v) is 14.0. The van der Waals surface area contributed by atoms with Crippen LogP contribution in [0.25, 0.3) is 0 Å². The maximum Gasteiger partial charge on any atom is 0.408 e. The van der Waals surface area contributed by atoms with Gasteiger partial charge in [-0.2, -0.15) is 0 Å². The molecule has 3 N–H and O–H groups in total. The van der Waals surface area contributed by atoms with E-state index in [1.54, 1.807) is 4.90 Å². The molecule has 1 aliphatic heterocycles. The Hall–Kier alpha value is -3.69. The van der Waals surface area contributed by atoms with E-state index in [-0.39, 0.29) is 47.6 Å². The van der Waals surface area contributed by atoms with E-state index in [2.05, 4.69) is 55.4 Å². The predicted molar refractivity (Wildman–Crippen MR) is 169 cm³/mol. The lowest BCUT2D eigenvalue weighted by Gasteiger charge is -2.35. The van der Waals surface area contributed by atoms with Crippen molar-refractivity contribution >= 4 is 29.6 Å². The first-order chi connectivity index (χ1) is 21.5. The van der Waals surface area contributed by atoms with Crippen molar-refractivity contribution in [1.29, 1.82) is 0 Å². The molecule has 4 amide bonds. The Labute approximate surface area is 266 Å². The standard InChI is InChI=1S/C35H48N4O6/c1-6-11-25(30(40)32(42)36-16-7-2)37-31(41)29-27-24(35(27,4)5)19-39(29)33(43)28(23-17-21-13-8-9-14-22(21)18-23)38-34(44)45-26-15-10-12-20(26)3/h7-9,13-14,20,23-29H,2,6,10-12,15-19H2,1,3-5H3,(H,36,42)(H,37,41)(H,38,44)/t20?,24?,25?,26?,27?,28?,29-/m0/s1. The number of likely N-dealkylation sites (tertiary alicyclic amines) is 1. The zero-order valence-corrected chi connectivity index (χ0v) is 27.0. The highest BCUT2D eigenvalue weighted by Gasteiger charge is 2.69. The van der Waals surface area contributed by atoms with Crippen LogP contribution in [0.15, 0.2) is 36.9 Å². The topological polar surface area (TPSA) is 134 Å². The molecule has 4 aliphatic rings. The van der Waals surface area contributed by atoms with Gasteiger partial charge in [0, 0.05) is 13.1 Å². The first-order valence-corrected chi connectivity index (χ1v) is 16.6. The van der Waals surface area contributed by atoms with Crippen molar-refractivity contribution in [3.63, 3.8) is 0 Å². The van der Waals surface area contributed by atoms with Gasteiger partial charge in [0.05, 0.1) is 6.04 Å². The SMILES string of the molecule is C=CCNC(=O)C(=O)C(CCC)NC(=O)[C@@H]1C2C(CN1C(=O)C(NC(=O)OC1CCCC1C)C1Cc3ccccc3C1)C2(C)C. The summed E-state index contributed by atoms with van der Waals surface area (Å²) in [6.07, 6.45) is 5.62. The van der Waals surface area contributed by atoms with Crippen LogP contribution in [-0.4, -0.2) is 71.8 Å². The number of alkyl carbamates (subject to hydrolysis) is 1. The molecule has 1 aromatic carbocycles. The van der Waals surface area contributed by atoms with Crippen molar-refractivity contribution in [2.24, 2.45) is 29.1 Å². The third-order valence-electron chi connectivity index (χ3n) is 10.7. The van der Waals surface area contributed by atoms with Crippen LogP contribution < -0.4 is 16.0 Å². The van der Waals surface area contributed by atoms with Crippen molar-refractivity contribution in [1.82, 2.24) is 20.9 Å². The number of hydrogen-bond donors (Lipinski definition) is 3. The van der Waals surface area contributed by atoms with E-state index >= 15 is 0 Å². The van der Waals surface area contributed by atoms with Gasteiger partial charge < -0.3 is 25.6 Å². The number of carbonyl (C=O) groups is 5. The van der Waals surface area contributed by atoms with Gasteiger partial charge in [-0.1, -0.05) is 64.5 Å². The molecule has 0 radical (unpaired) electrons. The highest BCUT2D eigenvalue weighted by Crippen LogP contribution is 2.65. The van der Waals surface area contributed by atoms with Crippen molar-refractivity contribution < 1.29 is 28.7 Å². The molecule has 2 saturated carbocycles. The van der Waals surface area contributed by atoms with Crippen LogP contribution in [0.3, 0.4) is 0 Å². The molecule has 1 heterocycles. The third kappa shape index (κ3) is 6.65. The van der Waals surface area contributed by atoms with Gasteiger partial charge in [0.2, 0.25) is 17.6 Å². The molecule has 244 valence electrons. The van der Waals surface area contributed by atoms with Crippen LogP contribution >= 0.6 is 0 Å². The summed E-state index contributed by atoms with van der Waals surface area (Å²) in [6, 6.07) is 5.35. The molecule has 3 aliphatic carbocycles. The zero-order valence-electron chi connectivity index (χ0n) is 27.0. The second-order valence-electron chi connectivity index (χ2n) is 14.0. The van der Waals surface area contributed by atoms with Crippen molar-refractivity contribution in [3.05, 3.63) is 48.0 Å². The normalized spacial score (nSPS) is 27.5. The fraction of sp³-hybridized carbons (Fsp3) is 0.629. The smallest absolute Gasteiger partial charge is 0.408 e. The van der Waals surface area contributed by atoms with Crippen molar-refractivity contribution in [2.45, 2.75) is 96.9 Å². The molecular formula is C35H48N4O6. The van der Waals surface area contributed by atoms with Crippen LogP contribution in [0.5, 0.6) is 0 Å². The van der Waals surface area contributed by atoms with Gasteiger partial charge in [0.1, 0.15) is 18.2 Å². The van der Waals surface area contributed by atoms with Gasteiger partial charge in [-0.25, -0.2) is 4.79 Å². The van der Waals surface area contributed by atoms with Gasteiger partial charge in [0.15, 0.2) is 0 Å². The van der Waals surface area contributed by atoms with Crippen molar-refractivity contribution in [2.75, 3.05) is 13.1 Å². The molecule has 10 heteroatoms. The molecule has 10 nitrogen and oxygen atoms in total. The number of nitrogens with zero attached hydrogens (tertiary/aromatic N) is 1. The molecule has 1 saturated heterocycles. The van der Waals surface area contributed by atoms with E-state index in [0.717, 1.165) is 30.4 Å². The summed E-state index contributed by atoms with van der Waals surface area (Å²) in [5.74, 6) is -2.17. The summed E-state index contributed by atoms with van der Waals surface area (Å²) < 4.78 is 5.82. The first-order valence-electron chi connectivity index (χ1n) is 16.6. The summed E-state index contributed by atoms with van der Waals surface area (Å²) in [6.45, 7) is 12.2. The van der Waals surface area contributed by atoms with Gasteiger partial charge in [-0.05, 0) is 78.7 Å². The maximum atomic E-state index is 14.5. The number of carbonyl (C=O) groups excluding carboxylic acids is 5. The Morgan fingerprint density at radius 1 is 1.09 bits per heavy atom. The lowest BCUT2D eigenvalue weighted by Crippen LogP contribution is -2.59. The molecule has 0 aromatic heterocycles. The summed E-state index contributed by atoms with van der Waals surface area (Å²) in [5, 5.41) is 8.27. The number of benzene rings is 1. The predicted octanol–water partition coefficient (Wildman–Crippen LogP) is 3.32. The van der Waals surface area contributed by atoms with E-state index in [0.29, 0.717) is 32.2 Å². The molecule has 1 aromatic rings. The number of ether oxygens (including phenoxy) is 1. The van der Waals surface area contributed by atoms with Crippen LogP contribution in [0.2, 0.25) is 0 Å². The third-order valence-corrected chi connectivity index (χ3v) is 10.7. The Balaban J connectivity index is 1.37. The van der Waals surface area contributed by atoms with Crippen LogP contribution in [0.1, 0.15) is 70.9 Å². The van der Waals surface area contributed by atoms with Gasteiger partial charge in [-0.15, -0.1) is 6.58 Å². The molecule has 3 fully saturated rings. The Kier molecular flexibility index (Phi) is 9.70. The summed E-state index contributed by atoms with van der Waals surface area (Å²) in [4.78, 5) is 68.9. The number of piperidine rings is 1. The minimum Gasteiger partial charge on any atom is -0.446 e. The number of amides is 4. The summed E-state index contributed by atoms with van der Waals surface area (Å²) >= 11 is 0. The average Bonchev–Trinajstić information content (AvgIpc) is 3.52. The second kappa shape index (κ2) is 13.3. The van der Waals surface area contributed by atoms with Crippen LogP contribution in [0, 0.1) is 29.1 Å². The van der Waals surface area contributed by atoms with Gasteiger partial charge in [0.25, 0.3) is 5.91 Å². The highest BCUT2D eigenvalue weighted by molar-refractivity contribution is 6.38. The molecule has 0 spiro atoms. The number of hydrogen-bond acceptors (Lipinski definition) is 6.